The molecule has 0 aromatic heterocycles. The van der Waals surface area contributed by atoms with E-state index in [0.717, 1.165) is 9.80 Å². The highest BCUT2D eigenvalue weighted by atomic mass is 16.5. The fourth-order valence-corrected chi connectivity index (χ4v) is 4.82. The van der Waals surface area contributed by atoms with Gasteiger partial charge in [-0.2, -0.15) is 0 Å². The van der Waals surface area contributed by atoms with Crippen LogP contribution in [0.25, 0.3) is 0 Å². The van der Waals surface area contributed by atoms with E-state index < -0.39 is 71.5 Å². The van der Waals surface area contributed by atoms with Gasteiger partial charge in [-0.05, 0) is 18.9 Å². The number of imide groups is 2. The molecule has 5 amide bonds. The van der Waals surface area contributed by atoms with E-state index in [1.54, 1.807) is 13.8 Å². The normalized spacial score (nSPS) is 28.2. The molecule has 5 atom stereocenters. The number of aliphatic imine (C=N–C) groups is 1. The molecule has 0 radical (unpaired) electrons. The third kappa shape index (κ3) is 5.79. The molecule has 0 aromatic carbocycles. The number of nitrogens with zero attached hydrogens (tertiary/aromatic N) is 3. The van der Waals surface area contributed by atoms with E-state index in [9.17, 15) is 33.9 Å². The molecule has 2 fully saturated rings. The lowest BCUT2D eigenvalue weighted by molar-refractivity contribution is -0.138. The Kier molecular flexibility index (Phi) is 8.62. The maximum atomic E-state index is 12.9. The minimum Gasteiger partial charge on any atom is -0.478 e. The smallest absolute Gasteiger partial charge is 0.331 e. The van der Waals surface area contributed by atoms with Gasteiger partial charge in [0.15, 0.2) is 0 Å². The van der Waals surface area contributed by atoms with Gasteiger partial charge < -0.3 is 15.2 Å². The summed E-state index contributed by atoms with van der Waals surface area (Å²) in [7, 11) is 0. The summed E-state index contributed by atoms with van der Waals surface area (Å²) in [5.74, 6) is -5.94. The van der Waals surface area contributed by atoms with Crippen molar-refractivity contribution >= 4 is 41.5 Å². The Balaban J connectivity index is 2.16. The van der Waals surface area contributed by atoms with E-state index in [2.05, 4.69) is 10.3 Å². The maximum absolute atomic E-state index is 12.9. The van der Waals surface area contributed by atoms with Gasteiger partial charge in [0.2, 0.25) is 35.5 Å². The second kappa shape index (κ2) is 11.3. The number of carbonyl (C=O) groups excluding carboxylic acids is 5. The molecule has 0 spiro atoms. The van der Waals surface area contributed by atoms with E-state index in [0.29, 0.717) is 12.8 Å². The van der Waals surface area contributed by atoms with Crippen LogP contribution in [0, 0.1) is 11.8 Å². The third-order valence-corrected chi connectivity index (χ3v) is 6.89. The van der Waals surface area contributed by atoms with E-state index in [4.69, 9.17) is 4.74 Å². The van der Waals surface area contributed by atoms with Crippen molar-refractivity contribution in [2.45, 2.75) is 91.0 Å². The van der Waals surface area contributed by atoms with Crippen molar-refractivity contribution in [2.24, 2.45) is 16.8 Å². The van der Waals surface area contributed by atoms with E-state index >= 15 is 0 Å². The molecular formula is C25H34N4O8. The Morgan fingerprint density at radius 3 is 1.92 bits per heavy atom. The summed E-state index contributed by atoms with van der Waals surface area (Å²) in [6.45, 7) is 8.23. The lowest BCUT2D eigenvalue weighted by atomic mass is 9.88. The van der Waals surface area contributed by atoms with Crippen LogP contribution >= 0.6 is 0 Å². The van der Waals surface area contributed by atoms with Gasteiger partial charge in [0.05, 0.1) is 24.3 Å². The summed E-state index contributed by atoms with van der Waals surface area (Å²) >= 11 is 0. The number of carbonyl (C=O) groups is 6. The molecule has 3 aliphatic rings. The molecular weight excluding hydrogens is 484 g/mol. The second-order valence-electron chi connectivity index (χ2n) is 9.81. The number of likely N-dealkylation sites (tertiary alicyclic amines) is 2. The van der Waals surface area contributed by atoms with Gasteiger partial charge in [0, 0.05) is 43.6 Å². The van der Waals surface area contributed by atoms with Crippen molar-refractivity contribution in [3.8, 4) is 0 Å². The molecule has 12 heteroatoms. The second-order valence-corrected chi connectivity index (χ2v) is 9.81. The lowest BCUT2D eigenvalue weighted by Crippen LogP contribution is -2.56. The molecule has 0 saturated carbocycles. The number of carboxylic acid groups (broad SMARTS) is 1. The predicted molar refractivity (Wildman–Crippen MR) is 130 cm³/mol. The van der Waals surface area contributed by atoms with Crippen LogP contribution in [0.1, 0.15) is 66.7 Å². The predicted octanol–water partition coefficient (Wildman–Crippen LogP) is 0.994. The molecule has 2 saturated heterocycles. The van der Waals surface area contributed by atoms with Gasteiger partial charge in [-0.1, -0.05) is 27.7 Å². The summed E-state index contributed by atoms with van der Waals surface area (Å²) in [6.07, 6.45) is 1.14. The minimum atomic E-state index is -1.22. The van der Waals surface area contributed by atoms with Gasteiger partial charge in [0.1, 0.15) is 0 Å². The Labute approximate surface area is 215 Å². The molecule has 2 aliphatic heterocycles. The van der Waals surface area contributed by atoms with Crippen LogP contribution in [0.15, 0.2) is 16.6 Å². The van der Waals surface area contributed by atoms with E-state index in [1.807, 2.05) is 13.8 Å². The first-order valence-electron chi connectivity index (χ1n) is 12.6. The van der Waals surface area contributed by atoms with Crippen molar-refractivity contribution < 1.29 is 38.6 Å². The van der Waals surface area contributed by atoms with Crippen LogP contribution in [-0.4, -0.2) is 80.7 Å². The Morgan fingerprint density at radius 1 is 1.03 bits per heavy atom. The number of rotatable bonds is 7. The van der Waals surface area contributed by atoms with Crippen LogP contribution in [0.4, 0.5) is 0 Å². The summed E-state index contributed by atoms with van der Waals surface area (Å²) in [6, 6.07) is -1.94. The zero-order valence-electron chi connectivity index (χ0n) is 21.7. The third-order valence-electron chi connectivity index (χ3n) is 6.89. The first-order chi connectivity index (χ1) is 17.4. The highest BCUT2D eigenvalue weighted by Gasteiger charge is 2.48. The first kappa shape index (κ1) is 28.2. The zero-order valence-corrected chi connectivity index (χ0v) is 21.7. The fraction of sp³-hybridized carbons (Fsp3) is 0.640. The number of carboxylic acids is 1. The van der Waals surface area contributed by atoms with Gasteiger partial charge in [-0.25, -0.2) is 19.6 Å². The van der Waals surface area contributed by atoms with Crippen LogP contribution < -0.4 is 5.32 Å². The molecule has 12 nitrogen and oxygen atoms in total. The minimum absolute atomic E-state index is 0.0365. The standard InChI is InChI=1S/C25H34N4O8/c1-6-16(7-2)37-18-11-15(24(35)36)10-17(21(18)26-14(5)30)27-25(28-19(31)8-12(3)22(28)33)29-20(32)9-13(4)23(29)34/h11-13,16-18,21H,6-10H2,1-5H3,(H,26,30)(H,35,36)/t12?,13?,17-,18+,21+/m0/s1. The van der Waals surface area contributed by atoms with Crippen LogP contribution in [0.3, 0.4) is 0 Å². The fourth-order valence-electron chi connectivity index (χ4n) is 4.82. The zero-order chi connectivity index (χ0) is 27.6. The number of ether oxygens (including phenoxy) is 1. The molecule has 37 heavy (non-hydrogen) atoms. The number of amides is 5. The van der Waals surface area contributed by atoms with Crippen LogP contribution in [0.5, 0.6) is 0 Å². The average molecular weight is 519 g/mol. The molecule has 1 aliphatic carbocycles. The monoisotopic (exact) mass is 518 g/mol. The van der Waals surface area contributed by atoms with E-state index in [1.165, 1.54) is 13.0 Å². The van der Waals surface area contributed by atoms with Crippen molar-refractivity contribution in [3.05, 3.63) is 11.6 Å². The number of aliphatic carboxylic acids is 1. The molecule has 3 rings (SSSR count). The van der Waals surface area contributed by atoms with Gasteiger partial charge in [-0.3, -0.25) is 24.0 Å². The largest absolute Gasteiger partial charge is 0.478 e. The molecule has 2 unspecified atom stereocenters. The molecule has 2 N–H and O–H groups in total. The highest BCUT2D eigenvalue weighted by molar-refractivity contribution is 6.25. The van der Waals surface area contributed by atoms with Gasteiger partial charge in [0.25, 0.3) is 0 Å². The number of nitrogens with one attached hydrogen (secondary N) is 1. The highest BCUT2D eigenvalue weighted by Crippen LogP contribution is 2.30. The topological polar surface area (TPSA) is 163 Å². The maximum Gasteiger partial charge on any atom is 0.331 e. The summed E-state index contributed by atoms with van der Waals surface area (Å²) < 4.78 is 6.15. The number of hydrogen-bond donors (Lipinski definition) is 2. The molecule has 0 aromatic rings. The van der Waals surface area contributed by atoms with Crippen molar-refractivity contribution in [2.75, 3.05) is 0 Å². The van der Waals surface area contributed by atoms with Crippen LogP contribution in [0.2, 0.25) is 0 Å². The number of guanidine groups is 1. The number of hydrogen-bond acceptors (Lipinski definition) is 8. The quantitative estimate of drug-likeness (QED) is 0.286. The Hall–Kier alpha value is -3.41. The van der Waals surface area contributed by atoms with Gasteiger partial charge in [-0.15, -0.1) is 0 Å². The van der Waals surface area contributed by atoms with Crippen molar-refractivity contribution in [3.63, 3.8) is 0 Å². The summed E-state index contributed by atoms with van der Waals surface area (Å²) in [5, 5.41) is 12.5. The lowest BCUT2D eigenvalue weighted by Gasteiger charge is -2.37. The average Bonchev–Trinajstić information content (AvgIpc) is 3.23. The van der Waals surface area contributed by atoms with E-state index in [-0.39, 0.29) is 30.9 Å². The van der Waals surface area contributed by atoms with Crippen molar-refractivity contribution in [1.29, 1.82) is 0 Å². The van der Waals surface area contributed by atoms with Crippen LogP contribution in [-0.2, 0) is 33.5 Å². The molecule has 202 valence electrons. The molecule has 2 heterocycles. The Morgan fingerprint density at radius 2 is 1.54 bits per heavy atom. The molecule has 0 bridgehead atoms. The Bertz CT molecular complexity index is 1020. The SMILES string of the molecule is CCC(CC)O[C@@H]1C=C(C(=O)O)C[C@H](N=C(N2C(=O)CC(C)C2=O)N2C(=O)CC(C)C2=O)[C@H]1NC(C)=O. The summed E-state index contributed by atoms with van der Waals surface area (Å²) in [5.41, 5.74) is -0.0365. The summed E-state index contributed by atoms with van der Waals surface area (Å²) in [4.78, 5) is 81.7. The van der Waals surface area contributed by atoms with Gasteiger partial charge >= 0.3 is 5.97 Å². The van der Waals surface area contributed by atoms with Crippen molar-refractivity contribution in [1.82, 2.24) is 15.1 Å². The first-order valence-corrected chi connectivity index (χ1v) is 12.6.